The molecular formula is C29H31F. The van der Waals surface area contributed by atoms with Crippen molar-refractivity contribution >= 4 is 10.8 Å². The minimum atomic E-state index is -0.237. The number of unbranched alkanes of at least 4 members (excludes halogenated alkanes) is 4. The van der Waals surface area contributed by atoms with Crippen LogP contribution in [-0.4, -0.2) is 0 Å². The standard InChI is InChI=1S/C29H31F/c1-3-5-7-8-9-11-23-12-14-24(15-13-23)16-18-26-19-20-27-22-25(10-6-4-2)17-21-28(27)29(26)30/h4,12-15,17,19-22H,2-3,5-11H2,1H3. The summed E-state index contributed by atoms with van der Waals surface area (Å²) in [5, 5.41) is 1.55. The Morgan fingerprint density at radius 2 is 1.60 bits per heavy atom. The summed E-state index contributed by atoms with van der Waals surface area (Å²) in [5.74, 6) is 5.90. The molecule has 0 fully saturated rings. The van der Waals surface area contributed by atoms with Crippen molar-refractivity contribution in [2.24, 2.45) is 0 Å². The molecular weight excluding hydrogens is 367 g/mol. The number of benzene rings is 3. The largest absolute Gasteiger partial charge is 0.205 e. The molecule has 0 aliphatic rings. The number of fused-ring (bicyclic) bond motifs is 1. The Kier molecular flexibility index (Phi) is 8.28. The average molecular weight is 399 g/mol. The Labute approximate surface area is 180 Å². The second kappa shape index (κ2) is 11.4. The lowest BCUT2D eigenvalue weighted by Crippen LogP contribution is -1.90. The third kappa shape index (κ3) is 6.07. The summed E-state index contributed by atoms with van der Waals surface area (Å²) in [5.41, 5.74) is 3.91. The quantitative estimate of drug-likeness (QED) is 0.194. The third-order valence-corrected chi connectivity index (χ3v) is 5.52. The second-order valence-electron chi connectivity index (χ2n) is 7.92. The van der Waals surface area contributed by atoms with Crippen LogP contribution in [0.3, 0.4) is 0 Å². The molecule has 0 aliphatic heterocycles. The summed E-state index contributed by atoms with van der Waals surface area (Å²) in [6.45, 7) is 6.00. The van der Waals surface area contributed by atoms with E-state index in [1.807, 2.05) is 36.4 Å². The number of halogens is 1. The minimum Gasteiger partial charge on any atom is -0.205 e. The lowest BCUT2D eigenvalue weighted by molar-refractivity contribution is 0.632. The summed E-state index contributed by atoms with van der Waals surface area (Å²) in [6.07, 6.45) is 11.3. The summed E-state index contributed by atoms with van der Waals surface area (Å²) in [6, 6.07) is 18.0. The van der Waals surface area contributed by atoms with Gasteiger partial charge >= 0.3 is 0 Å². The van der Waals surface area contributed by atoms with Crippen molar-refractivity contribution in [3.8, 4) is 11.8 Å². The molecule has 3 aromatic rings. The second-order valence-corrected chi connectivity index (χ2v) is 7.92. The average Bonchev–Trinajstić information content (AvgIpc) is 2.78. The molecule has 0 aliphatic carbocycles. The predicted molar refractivity (Wildman–Crippen MR) is 127 cm³/mol. The molecule has 3 rings (SSSR count). The molecule has 0 heterocycles. The van der Waals surface area contributed by atoms with Crippen molar-refractivity contribution in [3.63, 3.8) is 0 Å². The van der Waals surface area contributed by atoms with E-state index in [0.717, 1.165) is 30.2 Å². The van der Waals surface area contributed by atoms with Crippen LogP contribution < -0.4 is 0 Å². The van der Waals surface area contributed by atoms with Crippen molar-refractivity contribution in [2.75, 3.05) is 0 Å². The minimum absolute atomic E-state index is 0.237. The van der Waals surface area contributed by atoms with Crippen LogP contribution >= 0.6 is 0 Å². The molecule has 1 heteroatoms. The molecule has 0 nitrogen and oxygen atoms in total. The van der Waals surface area contributed by atoms with E-state index in [1.54, 1.807) is 6.07 Å². The van der Waals surface area contributed by atoms with Gasteiger partial charge in [0.25, 0.3) is 0 Å². The summed E-state index contributed by atoms with van der Waals surface area (Å²) < 4.78 is 14.9. The van der Waals surface area contributed by atoms with Gasteiger partial charge in [0.2, 0.25) is 0 Å². The smallest absolute Gasteiger partial charge is 0.146 e. The molecule has 0 radical (unpaired) electrons. The summed E-state index contributed by atoms with van der Waals surface area (Å²) in [7, 11) is 0. The number of aryl methyl sites for hydroxylation is 2. The first-order valence-electron chi connectivity index (χ1n) is 11.1. The SMILES string of the molecule is C=CCCc1ccc2c(F)c(C#Cc3ccc(CCCCCCC)cc3)ccc2c1. The van der Waals surface area contributed by atoms with E-state index in [1.165, 1.54) is 43.2 Å². The normalized spacial score (nSPS) is 10.6. The van der Waals surface area contributed by atoms with Crippen LogP contribution in [0.2, 0.25) is 0 Å². The van der Waals surface area contributed by atoms with Gasteiger partial charge in [-0.1, -0.05) is 86.9 Å². The van der Waals surface area contributed by atoms with Gasteiger partial charge in [-0.2, -0.15) is 0 Å². The van der Waals surface area contributed by atoms with E-state index in [0.29, 0.717) is 10.9 Å². The maximum absolute atomic E-state index is 14.9. The van der Waals surface area contributed by atoms with Crippen LogP contribution in [0.25, 0.3) is 10.8 Å². The van der Waals surface area contributed by atoms with Crippen LogP contribution in [0.4, 0.5) is 4.39 Å². The molecule has 30 heavy (non-hydrogen) atoms. The Bertz CT molecular complexity index is 1030. The molecule has 0 amide bonds. The lowest BCUT2D eigenvalue weighted by Gasteiger charge is -2.05. The Hall–Kier alpha value is -2.85. The topological polar surface area (TPSA) is 0 Å². The maximum Gasteiger partial charge on any atom is 0.146 e. The van der Waals surface area contributed by atoms with Gasteiger partial charge in [-0.05, 0) is 60.4 Å². The molecule has 0 saturated heterocycles. The number of hydrogen-bond acceptors (Lipinski definition) is 0. The Balaban J connectivity index is 1.67. The zero-order valence-electron chi connectivity index (χ0n) is 18.0. The Morgan fingerprint density at radius 1 is 0.833 bits per heavy atom. The van der Waals surface area contributed by atoms with E-state index in [4.69, 9.17) is 0 Å². The summed E-state index contributed by atoms with van der Waals surface area (Å²) >= 11 is 0. The van der Waals surface area contributed by atoms with Crippen molar-refractivity contribution in [1.29, 1.82) is 0 Å². The fourth-order valence-corrected chi connectivity index (χ4v) is 3.69. The van der Waals surface area contributed by atoms with Crippen molar-refractivity contribution in [2.45, 2.75) is 58.3 Å². The van der Waals surface area contributed by atoms with Gasteiger partial charge in [0.15, 0.2) is 0 Å². The highest BCUT2D eigenvalue weighted by atomic mass is 19.1. The molecule has 0 bridgehead atoms. The van der Waals surface area contributed by atoms with Gasteiger partial charge in [-0.25, -0.2) is 4.39 Å². The molecule has 0 aromatic heterocycles. The summed E-state index contributed by atoms with van der Waals surface area (Å²) in [4.78, 5) is 0. The van der Waals surface area contributed by atoms with E-state index in [2.05, 4.69) is 43.5 Å². The van der Waals surface area contributed by atoms with E-state index in [9.17, 15) is 4.39 Å². The van der Waals surface area contributed by atoms with Gasteiger partial charge in [-0.3, -0.25) is 0 Å². The van der Waals surface area contributed by atoms with Gasteiger partial charge in [-0.15, -0.1) is 6.58 Å². The first kappa shape index (κ1) is 21.8. The zero-order valence-corrected chi connectivity index (χ0v) is 18.0. The molecule has 0 atom stereocenters. The van der Waals surface area contributed by atoms with Gasteiger partial charge in [0.1, 0.15) is 5.82 Å². The fraction of sp³-hybridized carbons (Fsp3) is 0.310. The third-order valence-electron chi connectivity index (χ3n) is 5.52. The van der Waals surface area contributed by atoms with Crippen LogP contribution in [0.5, 0.6) is 0 Å². The molecule has 0 N–H and O–H groups in total. The maximum atomic E-state index is 14.9. The predicted octanol–water partition coefficient (Wildman–Crippen LogP) is 8.01. The van der Waals surface area contributed by atoms with Crippen LogP contribution in [-0.2, 0) is 12.8 Å². The number of hydrogen-bond donors (Lipinski definition) is 0. The van der Waals surface area contributed by atoms with Crippen LogP contribution in [0.15, 0.2) is 67.3 Å². The van der Waals surface area contributed by atoms with Crippen molar-refractivity contribution in [3.05, 3.63) is 95.3 Å². The van der Waals surface area contributed by atoms with Crippen molar-refractivity contribution in [1.82, 2.24) is 0 Å². The fourth-order valence-electron chi connectivity index (χ4n) is 3.69. The first-order valence-corrected chi connectivity index (χ1v) is 11.1. The highest BCUT2D eigenvalue weighted by molar-refractivity contribution is 5.85. The molecule has 3 aromatic carbocycles. The van der Waals surface area contributed by atoms with Gasteiger partial charge in [0, 0.05) is 10.9 Å². The van der Waals surface area contributed by atoms with Crippen LogP contribution in [0.1, 0.15) is 67.7 Å². The van der Waals surface area contributed by atoms with Gasteiger partial charge < -0.3 is 0 Å². The molecule has 154 valence electrons. The van der Waals surface area contributed by atoms with Gasteiger partial charge in [0.05, 0.1) is 5.56 Å². The number of rotatable bonds is 9. The van der Waals surface area contributed by atoms with Crippen LogP contribution in [0, 0.1) is 17.7 Å². The molecule has 0 saturated carbocycles. The molecule has 0 spiro atoms. The van der Waals surface area contributed by atoms with E-state index in [-0.39, 0.29) is 5.82 Å². The van der Waals surface area contributed by atoms with E-state index >= 15 is 0 Å². The van der Waals surface area contributed by atoms with E-state index < -0.39 is 0 Å². The highest BCUT2D eigenvalue weighted by Crippen LogP contribution is 2.23. The molecule has 0 unspecified atom stereocenters. The first-order chi connectivity index (χ1) is 14.7. The highest BCUT2D eigenvalue weighted by Gasteiger charge is 2.06. The lowest BCUT2D eigenvalue weighted by atomic mass is 10.0. The van der Waals surface area contributed by atoms with Crippen molar-refractivity contribution < 1.29 is 4.39 Å². The monoisotopic (exact) mass is 398 g/mol. The number of allylic oxidation sites excluding steroid dienone is 1. The zero-order chi connectivity index (χ0) is 21.2. The Morgan fingerprint density at radius 3 is 2.37 bits per heavy atom.